The number of amides is 2. The Morgan fingerprint density at radius 3 is 2.33 bits per heavy atom. The number of ether oxygens (including phenoxy) is 1. The van der Waals surface area contributed by atoms with Crippen molar-refractivity contribution in [2.75, 3.05) is 13.1 Å². The summed E-state index contributed by atoms with van der Waals surface area (Å²) in [4.78, 5) is 26.9. The van der Waals surface area contributed by atoms with Crippen LogP contribution in [-0.4, -0.2) is 41.9 Å². The number of nitrogens with one attached hydrogen (secondary N) is 1. The second-order valence-corrected chi connectivity index (χ2v) is 8.09. The van der Waals surface area contributed by atoms with Gasteiger partial charge in [0.2, 0.25) is 5.91 Å². The molecule has 2 fully saturated rings. The van der Waals surface area contributed by atoms with Gasteiger partial charge in [0.05, 0.1) is 0 Å². The Morgan fingerprint density at radius 2 is 1.70 bits per heavy atom. The van der Waals surface area contributed by atoms with E-state index in [0.717, 1.165) is 38.5 Å². The number of rotatable bonds is 5. The molecule has 1 N–H and O–H groups in total. The Labute approximate surface area is 166 Å². The molecule has 1 aromatic rings. The average Bonchev–Trinajstić information content (AvgIpc) is 2.70. The maximum Gasteiger partial charge on any atom is 0.263 e. The van der Waals surface area contributed by atoms with Gasteiger partial charge < -0.3 is 15.0 Å². The minimum atomic E-state index is -0.542. The van der Waals surface area contributed by atoms with Crippen LogP contribution in [0.25, 0.3) is 0 Å². The number of carbonyl (C=O) groups is 2. The Kier molecular flexibility index (Phi) is 7.00. The van der Waals surface area contributed by atoms with Gasteiger partial charge in [-0.2, -0.15) is 0 Å². The zero-order chi connectivity index (χ0) is 19.2. The Hall–Kier alpha value is -1.75. The van der Waals surface area contributed by atoms with Gasteiger partial charge in [-0.1, -0.05) is 30.9 Å². The molecule has 1 saturated carbocycles. The number of likely N-dealkylation sites (tertiary alicyclic amines) is 1. The van der Waals surface area contributed by atoms with Crippen LogP contribution in [0.5, 0.6) is 5.75 Å². The van der Waals surface area contributed by atoms with Crippen molar-refractivity contribution in [2.24, 2.45) is 5.92 Å². The van der Waals surface area contributed by atoms with Crippen LogP contribution in [0.3, 0.4) is 0 Å². The molecule has 2 aliphatic rings. The summed E-state index contributed by atoms with van der Waals surface area (Å²) in [6, 6.07) is 7.19. The molecular weight excluding hydrogens is 364 g/mol. The van der Waals surface area contributed by atoms with Gasteiger partial charge in [0.1, 0.15) is 5.75 Å². The fourth-order valence-corrected chi connectivity index (χ4v) is 4.08. The van der Waals surface area contributed by atoms with Gasteiger partial charge >= 0.3 is 0 Å². The highest BCUT2D eigenvalue weighted by Gasteiger charge is 2.29. The number of nitrogens with zero attached hydrogens (tertiary/aromatic N) is 1. The summed E-state index contributed by atoms with van der Waals surface area (Å²) in [5, 5.41) is 3.84. The van der Waals surface area contributed by atoms with Gasteiger partial charge in [-0.25, -0.2) is 0 Å². The summed E-state index contributed by atoms with van der Waals surface area (Å²) in [5.41, 5.74) is 0. The van der Waals surface area contributed by atoms with E-state index in [-0.39, 0.29) is 23.8 Å². The molecule has 27 heavy (non-hydrogen) atoms. The van der Waals surface area contributed by atoms with Gasteiger partial charge in [0.25, 0.3) is 5.91 Å². The molecule has 1 atom stereocenters. The molecule has 0 bridgehead atoms. The summed E-state index contributed by atoms with van der Waals surface area (Å²) in [6.45, 7) is 3.08. The average molecular weight is 393 g/mol. The molecule has 1 aliphatic carbocycles. The number of benzene rings is 1. The molecule has 5 nitrogen and oxygen atoms in total. The van der Waals surface area contributed by atoms with E-state index < -0.39 is 6.10 Å². The van der Waals surface area contributed by atoms with E-state index in [1.54, 1.807) is 31.2 Å². The summed E-state index contributed by atoms with van der Waals surface area (Å²) < 4.78 is 5.74. The Bertz CT molecular complexity index is 635. The van der Waals surface area contributed by atoms with Crippen LogP contribution < -0.4 is 10.1 Å². The maximum atomic E-state index is 12.6. The number of halogens is 1. The number of piperidine rings is 1. The monoisotopic (exact) mass is 392 g/mol. The molecule has 3 rings (SSSR count). The van der Waals surface area contributed by atoms with E-state index in [4.69, 9.17) is 16.3 Å². The van der Waals surface area contributed by atoms with E-state index in [1.807, 2.05) is 4.90 Å². The lowest BCUT2D eigenvalue weighted by molar-refractivity contribution is -0.139. The number of hydrogen-bond acceptors (Lipinski definition) is 3. The smallest absolute Gasteiger partial charge is 0.263 e. The minimum Gasteiger partial charge on any atom is -0.481 e. The lowest BCUT2D eigenvalue weighted by atomic mass is 9.88. The zero-order valence-electron chi connectivity index (χ0n) is 16.0. The van der Waals surface area contributed by atoms with Crippen molar-refractivity contribution in [3.8, 4) is 5.75 Å². The van der Waals surface area contributed by atoms with Crippen LogP contribution in [0.2, 0.25) is 5.02 Å². The van der Waals surface area contributed by atoms with Crippen LogP contribution >= 0.6 is 11.6 Å². The first-order chi connectivity index (χ1) is 13.0. The standard InChI is InChI=1S/C21H29ClN2O3/c1-15(27-19-9-7-17(22)8-10-19)21(26)24-13-11-18(12-14-24)23-20(25)16-5-3-2-4-6-16/h7-10,15-16,18H,2-6,11-14H2,1H3,(H,23,25). The first-order valence-electron chi connectivity index (χ1n) is 10.0. The summed E-state index contributed by atoms with van der Waals surface area (Å²) in [7, 11) is 0. The number of carbonyl (C=O) groups excluding carboxylic acids is 2. The van der Waals surface area contributed by atoms with Crippen molar-refractivity contribution >= 4 is 23.4 Å². The second kappa shape index (κ2) is 9.45. The third-order valence-electron chi connectivity index (χ3n) is 5.60. The number of hydrogen-bond donors (Lipinski definition) is 1. The van der Waals surface area contributed by atoms with Crippen molar-refractivity contribution in [3.05, 3.63) is 29.3 Å². The van der Waals surface area contributed by atoms with E-state index >= 15 is 0 Å². The van der Waals surface area contributed by atoms with E-state index in [2.05, 4.69) is 5.32 Å². The molecule has 1 unspecified atom stereocenters. The second-order valence-electron chi connectivity index (χ2n) is 7.66. The third-order valence-corrected chi connectivity index (χ3v) is 5.86. The zero-order valence-corrected chi connectivity index (χ0v) is 16.7. The van der Waals surface area contributed by atoms with Crippen LogP contribution in [0, 0.1) is 5.92 Å². The molecule has 1 saturated heterocycles. The normalized spacial score (nSPS) is 20.1. The highest BCUT2D eigenvalue weighted by Crippen LogP contribution is 2.24. The lowest BCUT2D eigenvalue weighted by Crippen LogP contribution is -2.50. The predicted molar refractivity (Wildman–Crippen MR) is 106 cm³/mol. The predicted octanol–water partition coefficient (Wildman–Crippen LogP) is 3.79. The molecule has 1 aliphatic heterocycles. The lowest BCUT2D eigenvalue weighted by Gasteiger charge is -2.34. The molecule has 2 amide bonds. The first kappa shape index (κ1) is 20.0. The maximum absolute atomic E-state index is 12.6. The summed E-state index contributed by atoms with van der Waals surface area (Å²) >= 11 is 5.87. The fourth-order valence-electron chi connectivity index (χ4n) is 3.95. The minimum absolute atomic E-state index is 0.0120. The third kappa shape index (κ3) is 5.61. The van der Waals surface area contributed by atoms with Crippen molar-refractivity contribution < 1.29 is 14.3 Å². The Morgan fingerprint density at radius 1 is 1.07 bits per heavy atom. The van der Waals surface area contributed by atoms with Crippen LogP contribution in [0.1, 0.15) is 51.9 Å². The van der Waals surface area contributed by atoms with Crippen molar-refractivity contribution in [1.82, 2.24) is 10.2 Å². The molecule has 1 aromatic carbocycles. The van der Waals surface area contributed by atoms with Gasteiger partial charge in [-0.05, 0) is 56.9 Å². The first-order valence-corrected chi connectivity index (χ1v) is 10.4. The molecule has 6 heteroatoms. The van der Waals surface area contributed by atoms with Crippen LogP contribution in [0.15, 0.2) is 24.3 Å². The van der Waals surface area contributed by atoms with Gasteiger partial charge in [-0.15, -0.1) is 0 Å². The SMILES string of the molecule is CC(Oc1ccc(Cl)cc1)C(=O)N1CCC(NC(=O)C2CCCCC2)CC1. The fraction of sp³-hybridized carbons (Fsp3) is 0.619. The van der Waals surface area contributed by atoms with E-state index in [1.165, 1.54) is 6.42 Å². The topological polar surface area (TPSA) is 58.6 Å². The van der Waals surface area contributed by atoms with Crippen molar-refractivity contribution in [3.63, 3.8) is 0 Å². The molecule has 0 radical (unpaired) electrons. The quantitative estimate of drug-likeness (QED) is 0.829. The molecular formula is C21H29ClN2O3. The van der Waals surface area contributed by atoms with Crippen LogP contribution in [-0.2, 0) is 9.59 Å². The molecule has 148 valence electrons. The highest BCUT2D eigenvalue weighted by molar-refractivity contribution is 6.30. The largest absolute Gasteiger partial charge is 0.481 e. The van der Waals surface area contributed by atoms with Gasteiger partial charge in [0.15, 0.2) is 6.10 Å². The van der Waals surface area contributed by atoms with Gasteiger partial charge in [0, 0.05) is 30.1 Å². The molecule has 0 aromatic heterocycles. The van der Waals surface area contributed by atoms with Crippen LogP contribution in [0.4, 0.5) is 0 Å². The van der Waals surface area contributed by atoms with E-state index in [9.17, 15) is 9.59 Å². The van der Waals surface area contributed by atoms with Crippen molar-refractivity contribution in [2.45, 2.75) is 64.0 Å². The summed E-state index contributed by atoms with van der Waals surface area (Å²) in [6.07, 6.45) is 6.67. The van der Waals surface area contributed by atoms with Gasteiger partial charge in [-0.3, -0.25) is 9.59 Å². The van der Waals surface area contributed by atoms with E-state index in [0.29, 0.717) is 23.9 Å². The Balaban J connectivity index is 1.43. The summed E-state index contributed by atoms with van der Waals surface area (Å²) in [5.74, 6) is 1.02. The highest BCUT2D eigenvalue weighted by atomic mass is 35.5. The molecule has 0 spiro atoms. The van der Waals surface area contributed by atoms with Crippen molar-refractivity contribution in [1.29, 1.82) is 0 Å². The molecule has 1 heterocycles.